The highest BCUT2D eigenvalue weighted by atomic mass is 16.5. The number of nitrogens with one attached hydrogen (secondary N) is 1. The maximum absolute atomic E-state index is 11.7. The van der Waals surface area contributed by atoms with Gasteiger partial charge in [0.25, 0.3) is 0 Å². The van der Waals surface area contributed by atoms with E-state index in [-0.39, 0.29) is 17.9 Å². The number of aryl methyl sites for hydroxylation is 1. The lowest BCUT2D eigenvalue weighted by Gasteiger charge is -2.02. The van der Waals surface area contributed by atoms with Gasteiger partial charge in [0, 0.05) is 5.69 Å². The minimum atomic E-state index is -1.01. The number of rotatable bonds is 5. The summed E-state index contributed by atoms with van der Waals surface area (Å²) >= 11 is 0. The molecule has 1 aromatic rings. The lowest BCUT2D eigenvalue weighted by atomic mass is 10.1. The first-order valence-corrected chi connectivity index (χ1v) is 5.70. The van der Waals surface area contributed by atoms with Crippen molar-refractivity contribution in [3.63, 3.8) is 0 Å². The van der Waals surface area contributed by atoms with E-state index in [1.165, 1.54) is 0 Å². The molecule has 0 aliphatic heterocycles. The van der Waals surface area contributed by atoms with Gasteiger partial charge in [-0.25, -0.2) is 9.59 Å². The average molecular weight is 239 g/mol. The Hall–Kier alpha value is -1.78. The molecule has 0 radical (unpaired) electrons. The number of carbonyl (C=O) groups excluding carboxylic acids is 1. The van der Waals surface area contributed by atoms with Crippen molar-refractivity contribution in [2.75, 3.05) is 6.61 Å². The number of aromatic carboxylic acids is 1. The molecule has 1 heterocycles. The number of aromatic nitrogens is 1. The van der Waals surface area contributed by atoms with Crippen molar-refractivity contribution >= 4 is 11.9 Å². The number of aromatic amines is 1. The summed E-state index contributed by atoms with van der Waals surface area (Å²) in [6, 6.07) is 0. The van der Waals surface area contributed by atoms with Gasteiger partial charge in [-0.1, -0.05) is 13.8 Å². The van der Waals surface area contributed by atoms with Gasteiger partial charge in [0.05, 0.1) is 12.2 Å². The lowest BCUT2D eigenvalue weighted by Crippen LogP contribution is -2.09. The molecule has 1 aromatic heterocycles. The van der Waals surface area contributed by atoms with Gasteiger partial charge in [-0.05, 0) is 25.3 Å². The quantitative estimate of drug-likeness (QED) is 0.770. The van der Waals surface area contributed by atoms with E-state index in [9.17, 15) is 9.59 Å². The number of ether oxygens (including phenoxy) is 1. The van der Waals surface area contributed by atoms with Gasteiger partial charge in [-0.15, -0.1) is 0 Å². The Morgan fingerprint density at radius 3 is 2.29 bits per heavy atom. The van der Waals surface area contributed by atoms with E-state index in [4.69, 9.17) is 9.84 Å². The van der Waals surface area contributed by atoms with Crippen LogP contribution in [0.1, 0.15) is 52.9 Å². The predicted octanol–water partition coefficient (Wildman–Crippen LogP) is 2.01. The molecule has 0 spiro atoms. The topological polar surface area (TPSA) is 79.4 Å². The third kappa shape index (κ3) is 2.49. The highest BCUT2D eigenvalue weighted by molar-refractivity contribution is 5.98. The molecule has 0 bridgehead atoms. The molecule has 0 aromatic carbocycles. The van der Waals surface area contributed by atoms with Crippen LogP contribution in [0.2, 0.25) is 0 Å². The van der Waals surface area contributed by atoms with Crippen molar-refractivity contribution in [2.45, 2.75) is 33.6 Å². The van der Waals surface area contributed by atoms with Crippen LogP contribution in [0.15, 0.2) is 0 Å². The molecule has 0 unspecified atom stereocenters. The van der Waals surface area contributed by atoms with Crippen LogP contribution in [0, 0.1) is 0 Å². The molecule has 2 N–H and O–H groups in total. The molecule has 0 aliphatic rings. The summed E-state index contributed by atoms with van der Waals surface area (Å²) in [5, 5.41) is 9.16. The molecule has 5 heteroatoms. The van der Waals surface area contributed by atoms with Gasteiger partial charge < -0.3 is 14.8 Å². The molecule has 0 amide bonds. The van der Waals surface area contributed by atoms with E-state index in [0.717, 1.165) is 0 Å². The van der Waals surface area contributed by atoms with Crippen LogP contribution in [-0.2, 0) is 17.6 Å². The largest absolute Gasteiger partial charge is 0.478 e. The Labute approximate surface area is 99.8 Å². The van der Waals surface area contributed by atoms with Crippen LogP contribution >= 0.6 is 0 Å². The van der Waals surface area contributed by atoms with E-state index in [1.807, 2.05) is 13.8 Å². The van der Waals surface area contributed by atoms with E-state index in [0.29, 0.717) is 24.1 Å². The molecular weight excluding hydrogens is 222 g/mol. The fourth-order valence-corrected chi connectivity index (χ4v) is 1.85. The molecule has 0 atom stereocenters. The molecule has 17 heavy (non-hydrogen) atoms. The molecule has 0 saturated heterocycles. The van der Waals surface area contributed by atoms with Crippen LogP contribution in [0.3, 0.4) is 0 Å². The average Bonchev–Trinajstić information content (AvgIpc) is 2.67. The number of H-pyrrole nitrogens is 1. The summed E-state index contributed by atoms with van der Waals surface area (Å²) in [6.45, 7) is 5.64. The molecule has 5 nitrogen and oxygen atoms in total. The second-order valence-corrected chi connectivity index (χ2v) is 3.56. The Balaban J connectivity index is 3.32. The normalized spacial score (nSPS) is 10.3. The molecule has 0 fully saturated rings. The second kappa shape index (κ2) is 5.52. The first kappa shape index (κ1) is 13.3. The number of esters is 1. The van der Waals surface area contributed by atoms with E-state index in [2.05, 4.69) is 4.98 Å². The van der Waals surface area contributed by atoms with Gasteiger partial charge in [0.15, 0.2) is 0 Å². The predicted molar refractivity (Wildman–Crippen MR) is 62.5 cm³/mol. The molecular formula is C12H17NO4. The van der Waals surface area contributed by atoms with Gasteiger partial charge in [-0.2, -0.15) is 0 Å². The fraction of sp³-hybridized carbons (Fsp3) is 0.500. The third-order valence-corrected chi connectivity index (χ3v) is 2.58. The number of carbonyl (C=O) groups is 2. The summed E-state index contributed by atoms with van der Waals surface area (Å²) in [6.07, 6.45) is 1.01. The zero-order valence-corrected chi connectivity index (χ0v) is 10.3. The highest BCUT2D eigenvalue weighted by Crippen LogP contribution is 2.21. The van der Waals surface area contributed by atoms with E-state index in [1.54, 1.807) is 6.92 Å². The summed E-state index contributed by atoms with van der Waals surface area (Å²) in [5.41, 5.74) is 1.56. The number of hydrogen-bond acceptors (Lipinski definition) is 3. The van der Waals surface area contributed by atoms with Crippen LogP contribution in [0.4, 0.5) is 0 Å². The van der Waals surface area contributed by atoms with Gasteiger partial charge in [0.1, 0.15) is 5.69 Å². The number of carboxylic acids is 1. The van der Waals surface area contributed by atoms with Crippen LogP contribution in [0.5, 0.6) is 0 Å². The number of hydrogen-bond donors (Lipinski definition) is 2. The van der Waals surface area contributed by atoms with E-state index >= 15 is 0 Å². The standard InChI is InChI=1S/C12H17NO4/c1-4-7-9(11(14)15)8(5-2)13-10(7)12(16)17-6-3/h13H,4-6H2,1-3H3,(H,14,15). The third-order valence-electron chi connectivity index (χ3n) is 2.58. The minimum absolute atomic E-state index is 0.207. The SMILES string of the molecule is CCOC(=O)c1[nH]c(CC)c(C(=O)O)c1CC. The Kier molecular flexibility index (Phi) is 4.31. The smallest absolute Gasteiger partial charge is 0.355 e. The zero-order chi connectivity index (χ0) is 13.0. The van der Waals surface area contributed by atoms with Crippen LogP contribution < -0.4 is 0 Å². The van der Waals surface area contributed by atoms with Crippen molar-refractivity contribution in [3.05, 3.63) is 22.5 Å². The van der Waals surface area contributed by atoms with Gasteiger partial charge in [0.2, 0.25) is 0 Å². The summed E-state index contributed by atoms with van der Waals surface area (Å²) in [7, 11) is 0. The second-order valence-electron chi connectivity index (χ2n) is 3.56. The lowest BCUT2D eigenvalue weighted by molar-refractivity contribution is 0.0519. The van der Waals surface area contributed by atoms with Crippen molar-refractivity contribution in [1.29, 1.82) is 0 Å². The first-order chi connectivity index (χ1) is 8.06. The van der Waals surface area contributed by atoms with Gasteiger partial charge >= 0.3 is 11.9 Å². The van der Waals surface area contributed by atoms with Crippen molar-refractivity contribution in [1.82, 2.24) is 4.98 Å². The van der Waals surface area contributed by atoms with Crippen LogP contribution in [-0.4, -0.2) is 28.6 Å². The molecule has 94 valence electrons. The monoisotopic (exact) mass is 239 g/mol. The van der Waals surface area contributed by atoms with Gasteiger partial charge in [-0.3, -0.25) is 0 Å². The Morgan fingerprint density at radius 2 is 1.88 bits per heavy atom. The van der Waals surface area contributed by atoms with Crippen molar-refractivity contribution in [3.8, 4) is 0 Å². The summed E-state index contributed by atoms with van der Waals surface area (Å²) in [5.74, 6) is -1.50. The minimum Gasteiger partial charge on any atom is -0.478 e. The van der Waals surface area contributed by atoms with Crippen molar-refractivity contribution < 1.29 is 19.4 Å². The maximum atomic E-state index is 11.7. The van der Waals surface area contributed by atoms with Crippen molar-refractivity contribution in [2.24, 2.45) is 0 Å². The maximum Gasteiger partial charge on any atom is 0.355 e. The number of carboxylic acid groups (broad SMARTS) is 1. The van der Waals surface area contributed by atoms with Crippen LogP contribution in [0.25, 0.3) is 0 Å². The fourth-order valence-electron chi connectivity index (χ4n) is 1.85. The first-order valence-electron chi connectivity index (χ1n) is 5.70. The Morgan fingerprint density at radius 1 is 1.24 bits per heavy atom. The zero-order valence-electron chi connectivity index (χ0n) is 10.3. The van der Waals surface area contributed by atoms with E-state index < -0.39 is 11.9 Å². The highest BCUT2D eigenvalue weighted by Gasteiger charge is 2.24. The molecule has 0 saturated carbocycles. The summed E-state index contributed by atoms with van der Waals surface area (Å²) < 4.78 is 4.90. The molecule has 0 aliphatic carbocycles. The summed E-state index contributed by atoms with van der Waals surface area (Å²) in [4.78, 5) is 25.7. The molecule has 1 rings (SSSR count). The Bertz CT molecular complexity index is 434.